The summed E-state index contributed by atoms with van der Waals surface area (Å²) in [6.07, 6.45) is -4.83. The molecule has 0 aliphatic carbocycles. The minimum absolute atomic E-state index is 0.179. The summed E-state index contributed by atoms with van der Waals surface area (Å²) >= 11 is 0. The van der Waals surface area contributed by atoms with Gasteiger partial charge < -0.3 is 16.2 Å². The molecule has 0 aromatic heterocycles. The lowest BCUT2D eigenvalue weighted by molar-refractivity contribution is -0.184. The van der Waals surface area contributed by atoms with Crippen LogP contribution < -0.4 is 11.1 Å². The first kappa shape index (κ1) is 14.5. The van der Waals surface area contributed by atoms with E-state index in [1.807, 2.05) is 0 Å². The fourth-order valence-electron chi connectivity index (χ4n) is 1.08. The van der Waals surface area contributed by atoms with Gasteiger partial charge in [0.2, 0.25) is 0 Å². The summed E-state index contributed by atoms with van der Waals surface area (Å²) in [5.74, 6) is -1.34. The van der Waals surface area contributed by atoms with E-state index in [-0.39, 0.29) is 12.3 Å². The Morgan fingerprint density at radius 2 is 1.83 bits per heavy atom. The maximum absolute atomic E-state index is 12.5. The van der Waals surface area contributed by atoms with Gasteiger partial charge in [-0.25, -0.2) is 0 Å². The normalized spacial score (nSPS) is 15.0. The average Bonchev–Trinajstić information content (AvgIpc) is 2.28. The van der Waals surface area contributed by atoms with Crippen LogP contribution in [0.25, 0.3) is 0 Å². The Kier molecular flexibility index (Phi) is 3.98. The monoisotopic (exact) mass is 262 g/mol. The van der Waals surface area contributed by atoms with Crippen molar-refractivity contribution in [1.29, 1.82) is 0 Å². The molecular formula is C11H13F3N2O2. The number of amides is 1. The third kappa shape index (κ3) is 2.99. The molecule has 4 nitrogen and oxygen atoms in total. The van der Waals surface area contributed by atoms with Gasteiger partial charge in [-0.05, 0) is 24.6 Å². The summed E-state index contributed by atoms with van der Waals surface area (Å²) in [6, 6.07) is 5.74. The highest BCUT2D eigenvalue weighted by Gasteiger charge is 2.53. The quantitative estimate of drug-likeness (QED) is 0.770. The lowest BCUT2D eigenvalue weighted by Gasteiger charge is -2.26. The summed E-state index contributed by atoms with van der Waals surface area (Å²) in [5.41, 5.74) is 2.77. The smallest absolute Gasteiger partial charge is 0.392 e. The van der Waals surface area contributed by atoms with Crippen LogP contribution in [0.3, 0.4) is 0 Å². The third-order valence-electron chi connectivity index (χ3n) is 2.45. The van der Waals surface area contributed by atoms with Gasteiger partial charge in [-0.2, -0.15) is 13.2 Å². The number of carbonyl (C=O) groups excluding carboxylic acids is 1. The highest BCUT2D eigenvalue weighted by molar-refractivity contribution is 5.98. The molecule has 0 radical (unpaired) electrons. The molecule has 4 N–H and O–H groups in total. The topological polar surface area (TPSA) is 75.4 Å². The Morgan fingerprint density at radius 1 is 1.33 bits per heavy atom. The van der Waals surface area contributed by atoms with E-state index < -0.39 is 17.6 Å². The SMILES string of the molecule is CC(N)(C(=O)Nc1ccc(CO)cc1)C(F)(F)F. The summed E-state index contributed by atoms with van der Waals surface area (Å²) in [7, 11) is 0. The Morgan fingerprint density at radius 3 is 2.22 bits per heavy atom. The lowest BCUT2D eigenvalue weighted by atomic mass is 10.0. The van der Waals surface area contributed by atoms with E-state index in [0.717, 1.165) is 0 Å². The molecule has 0 saturated heterocycles. The molecule has 1 aromatic rings. The van der Waals surface area contributed by atoms with Crippen LogP contribution in [0.5, 0.6) is 0 Å². The van der Waals surface area contributed by atoms with Crippen LogP contribution in [-0.4, -0.2) is 22.7 Å². The summed E-state index contributed by atoms with van der Waals surface area (Å²) < 4.78 is 37.5. The largest absolute Gasteiger partial charge is 0.415 e. The number of halogens is 3. The number of benzene rings is 1. The predicted molar refractivity (Wildman–Crippen MR) is 59.6 cm³/mol. The molecule has 1 unspecified atom stereocenters. The highest BCUT2D eigenvalue weighted by atomic mass is 19.4. The molecule has 7 heteroatoms. The number of anilines is 1. The number of carbonyl (C=O) groups is 1. The summed E-state index contributed by atoms with van der Waals surface area (Å²) in [5, 5.41) is 10.9. The second-order valence-corrected chi connectivity index (χ2v) is 4.01. The Hall–Kier alpha value is -1.60. The fraction of sp³-hybridized carbons (Fsp3) is 0.364. The van der Waals surface area contributed by atoms with Crippen LogP contribution in [0.1, 0.15) is 12.5 Å². The van der Waals surface area contributed by atoms with Crippen molar-refractivity contribution >= 4 is 11.6 Å². The molecule has 18 heavy (non-hydrogen) atoms. The van der Waals surface area contributed by atoms with Crippen LogP contribution in [0, 0.1) is 0 Å². The van der Waals surface area contributed by atoms with E-state index in [1.54, 1.807) is 0 Å². The van der Waals surface area contributed by atoms with Crippen LogP contribution in [0.2, 0.25) is 0 Å². The highest BCUT2D eigenvalue weighted by Crippen LogP contribution is 2.29. The average molecular weight is 262 g/mol. The molecule has 0 spiro atoms. The van der Waals surface area contributed by atoms with E-state index >= 15 is 0 Å². The zero-order valence-corrected chi connectivity index (χ0v) is 9.58. The maximum atomic E-state index is 12.5. The standard InChI is InChI=1S/C11H13F3N2O2/c1-10(15,11(12,13)14)9(18)16-8-4-2-7(6-17)3-5-8/h2-5,17H,6,15H2,1H3,(H,16,18). The van der Waals surface area contributed by atoms with Gasteiger partial charge in [-0.1, -0.05) is 12.1 Å². The van der Waals surface area contributed by atoms with Gasteiger partial charge in [-0.3, -0.25) is 4.79 Å². The van der Waals surface area contributed by atoms with Crippen molar-refractivity contribution < 1.29 is 23.1 Å². The molecule has 0 aliphatic rings. The number of alkyl halides is 3. The minimum Gasteiger partial charge on any atom is -0.392 e. The molecule has 1 rings (SSSR count). The molecule has 0 aliphatic heterocycles. The van der Waals surface area contributed by atoms with E-state index in [2.05, 4.69) is 5.32 Å². The number of aliphatic hydroxyl groups excluding tert-OH is 1. The lowest BCUT2D eigenvalue weighted by Crippen LogP contribution is -2.59. The number of aliphatic hydroxyl groups is 1. The fourth-order valence-corrected chi connectivity index (χ4v) is 1.08. The number of hydrogen-bond acceptors (Lipinski definition) is 3. The molecule has 1 aromatic carbocycles. The number of nitrogens with two attached hydrogens (primary N) is 1. The summed E-state index contributed by atoms with van der Waals surface area (Å²) in [4.78, 5) is 11.4. The van der Waals surface area contributed by atoms with Crippen molar-refractivity contribution in [3.8, 4) is 0 Å². The molecule has 1 atom stereocenters. The van der Waals surface area contributed by atoms with Gasteiger partial charge >= 0.3 is 6.18 Å². The van der Waals surface area contributed by atoms with E-state index in [1.165, 1.54) is 24.3 Å². The Labute approximate surface area is 102 Å². The van der Waals surface area contributed by atoms with Crippen LogP contribution in [0.4, 0.5) is 18.9 Å². The second kappa shape index (κ2) is 4.95. The number of rotatable bonds is 3. The Bertz CT molecular complexity index is 427. The van der Waals surface area contributed by atoms with E-state index in [9.17, 15) is 18.0 Å². The first-order chi connectivity index (χ1) is 8.18. The van der Waals surface area contributed by atoms with Gasteiger partial charge in [0.05, 0.1) is 6.61 Å². The maximum Gasteiger partial charge on any atom is 0.415 e. The van der Waals surface area contributed by atoms with E-state index in [0.29, 0.717) is 12.5 Å². The molecule has 0 heterocycles. The zero-order valence-electron chi connectivity index (χ0n) is 9.58. The molecule has 1 amide bonds. The predicted octanol–water partition coefficient (Wildman–Crippen LogP) is 1.40. The number of hydrogen-bond donors (Lipinski definition) is 3. The van der Waals surface area contributed by atoms with E-state index in [4.69, 9.17) is 10.8 Å². The molecule has 0 bridgehead atoms. The minimum atomic E-state index is -4.83. The first-order valence-electron chi connectivity index (χ1n) is 5.05. The van der Waals surface area contributed by atoms with Crippen molar-refractivity contribution in [1.82, 2.24) is 0 Å². The van der Waals surface area contributed by atoms with Crippen LogP contribution in [0.15, 0.2) is 24.3 Å². The Balaban J connectivity index is 2.81. The van der Waals surface area contributed by atoms with Crippen LogP contribution in [-0.2, 0) is 11.4 Å². The van der Waals surface area contributed by atoms with Crippen molar-refractivity contribution in [3.63, 3.8) is 0 Å². The van der Waals surface area contributed by atoms with Gasteiger partial charge in [0.15, 0.2) is 5.54 Å². The molecule has 0 fully saturated rings. The van der Waals surface area contributed by atoms with Crippen molar-refractivity contribution in [2.75, 3.05) is 5.32 Å². The third-order valence-corrected chi connectivity index (χ3v) is 2.45. The van der Waals surface area contributed by atoms with Crippen molar-refractivity contribution in [2.24, 2.45) is 5.73 Å². The van der Waals surface area contributed by atoms with Crippen LogP contribution >= 0.6 is 0 Å². The van der Waals surface area contributed by atoms with Gasteiger partial charge in [0, 0.05) is 5.69 Å². The second-order valence-electron chi connectivity index (χ2n) is 4.01. The number of nitrogens with one attached hydrogen (secondary N) is 1. The molecule has 100 valence electrons. The molecule has 0 saturated carbocycles. The zero-order chi connectivity index (χ0) is 14.0. The van der Waals surface area contributed by atoms with Gasteiger partial charge in [-0.15, -0.1) is 0 Å². The van der Waals surface area contributed by atoms with Crippen molar-refractivity contribution in [2.45, 2.75) is 25.2 Å². The van der Waals surface area contributed by atoms with Gasteiger partial charge in [0.25, 0.3) is 5.91 Å². The van der Waals surface area contributed by atoms with Gasteiger partial charge in [0.1, 0.15) is 0 Å². The first-order valence-corrected chi connectivity index (χ1v) is 5.05. The summed E-state index contributed by atoms with van der Waals surface area (Å²) in [6.45, 7) is 0.413. The molecular weight excluding hydrogens is 249 g/mol. The van der Waals surface area contributed by atoms with Crippen molar-refractivity contribution in [3.05, 3.63) is 29.8 Å².